The lowest BCUT2D eigenvalue weighted by Gasteiger charge is -2.35. The monoisotopic (exact) mass is 374 g/mol. The summed E-state index contributed by atoms with van der Waals surface area (Å²) in [5.74, 6) is 0.946. The second kappa shape index (κ2) is 6.76. The number of hydrogen-bond donors (Lipinski definition) is 0. The van der Waals surface area contributed by atoms with E-state index in [1.54, 1.807) is 6.20 Å². The van der Waals surface area contributed by atoms with Gasteiger partial charge in [-0.25, -0.2) is 14.2 Å². The zero-order valence-electron chi connectivity index (χ0n) is 15.9. The topological polar surface area (TPSA) is 60.5 Å². The van der Waals surface area contributed by atoms with Crippen molar-refractivity contribution in [2.75, 3.05) is 18.0 Å². The van der Waals surface area contributed by atoms with E-state index in [9.17, 15) is 0 Å². The number of fused-ring (bicyclic) bond motifs is 1. The number of ether oxygens (including phenoxy) is 1. The van der Waals surface area contributed by atoms with E-state index in [0.717, 1.165) is 41.5 Å². The minimum absolute atomic E-state index is 0.193. The Balaban J connectivity index is 1.50. The first kappa shape index (κ1) is 16.9. The Hall–Kier alpha value is -3.19. The highest BCUT2D eigenvalue weighted by molar-refractivity contribution is 5.65. The van der Waals surface area contributed by atoms with Crippen LogP contribution in [0.4, 0.5) is 5.82 Å². The average Bonchev–Trinajstić information content (AvgIpc) is 3.37. The van der Waals surface area contributed by atoms with Crippen LogP contribution in [0.3, 0.4) is 0 Å². The third kappa shape index (κ3) is 3.03. The first-order chi connectivity index (χ1) is 13.7. The van der Waals surface area contributed by atoms with Gasteiger partial charge >= 0.3 is 0 Å². The van der Waals surface area contributed by atoms with Gasteiger partial charge in [0.2, 0.25) is 0 Å². The summed E-state index contributed by atoms with van der Waals surface area (Å²) in [7, 11) is 0. The van der Waals surface area contributed by atoms with Crippen LogP contribution >= 0.6 is 0 Å². The van der Waals surface area contributed by atoms with Gasteiger partial charge in [-0.2, -0.15) is 5.10 Å². The van der Waals surface area contributed by atoms with E-state index in [1.807, 2.05) is 39.8 Å². The fourth-order valence-corrected chi connectivity index (χ4v) is 3.80. The Labute approximate surface area is 163 Å². The number of rotatable bonds is 3. The maximum Gasteiger partial charge on any atom is 0.154 e. The molecule has 3 aromatic heterocycles. The van der Waals surface area contributed by atoms with E-state index in [-0.39, 0.29) is 12.2 Å². The molecule has 5 rings (SSSR count). The Bertz CT molecular complexity index is 1080. The predicted octanol–water partition coefficient (Wildman–Crippen LogP) is 3.20. The van der Waals surface area contributed by atoms with Gasteiger partial charge in [0.25, 0.3) is 0 Å². The lowest BCUT2D eigenvalue weighted by Crippen LogP contribution is -2.46. The molecule has 1 aromatic carbocycles. The fourth-order valence-electron chi connectivity index (χ4n) is 3.80. The van der Waals surface area contributed by atoms with Crippen LogP contribution in [0.5, 0.6) is 0 Å². The smallest absolute Gasteiger partial charge is 0.154 e. The number of imidazole rings is 1. The van der Waals surface area contributed by atoms with Crippen LogP contribution in [-0.4, -0.2) is 49.7 Å². The third-order valence-corrected chi connectivity index (χ3v) is 5.02. The molecule has 0 spiro atoms. The Morgan fingerprint density at radius 3 is 2.50 bits per heavy atom. The number of aromatic nitrogens is 5. The van der Waals surface area contributed by atoms with E-state index in [4.69, 9.17) is 9.84 Å². The van der Waals surface area contributed by atoms with Crippen molar-refractivity contribution in [1.29, 1.82) is 0 Å². The van der Waals surface area contributed by atoms with Crippen molar-refractivity contribution in [2.45, 2.75) is 26.1 Å². The summed E-state index contributed by atoms with van der Waals surface area (Å²) in [6, 6.07) is 14.2. The normalized spacial score (nSPS) is 20.0. The zero-order chi connectivity index (χ0) is 19.1. The number of morpholine rings is 1. The third-order valence-electron chi connectivity index (χ3n) is 5.02. The van der Waals surface area contributed by atoms with Crippen molar-refractivity contribution in [2.24, 2.45) is 0 Å². The molecule has 0 amide bonds. The number of anilines is 1. The maximum atomic E-state index is 5.85. The van der Waals surface area contributed by atoms with Gasteiger partial charge in [0.05, 0.1) is 29.8 Å². The SMILES string of the molecule is C[C@@H]1CN(c2ccc3ncc(-c4ccc(-n5cccn5)cc4)n3n2)C[C@H](C)O1. The number of nitrogens with zero attached hydrogens (tertiary/aromatic N) is 6. The highest BCUT2D eigenvalue weighted by Crippen LogP contribution is 2.24. The molecule has 7 nitrogen and oxygen atoms in total. The predicted molar refractivity (Wildman–Crippen MR) is 108 cm³/mol. The molecule has 28 heavy (non-hydrogen) atoms. The molecule has 4 heterocycles. The van der Waals surface area contributed by atoms with Crippen LogP contribution in [-0.2, 0) is 4.74 Å². The summed E-state index contributed by atoms with van der Waals surface area (Å²) in [5, 5.41) is 9.16. The molecule has 1 aliphatic rings. The van der Waals surface area contributed by atoms with Crippen molar-refractivity contribution >= 4 is 11.5 Å². The van der Waals surface area contributed by atoms with Crippen molar-refractivity contribution < 1.29 is 4.74 Å². The molecular formula is C21H22N6O. The van der Waals surface area contributed by atoms with Crippen molar-refractivity contribution in [3.05, 3.63) is 61.1 Å². The minimum atomic E-state index is 0.193. The molecule has 4 aromatic rings. The first-order valence-electron chi connectivity index (χ1n) is 9.53. The van der Waals surface area contributed by atoms with E-state index in [0.29, 0.717) is 0 Å². The molecule has 2 atom stereocenters. The molecule has 0 saturated carbocycles. The molecular weight excluding hydrogens is 352 g/mol. The van der Waals surface area contributed by atoms with E-state index in [2.05, 4.69) is 53.1 Å². The molecule has 0 radical (unpaired) electrons. The lowest BCUT2D eigenvalue weighted by atomic mass is 10.1. The maximum absolute atomic E-state index is 5.85. The molecule has 142 valence electrons. The van der Waals surface area contributed by atoms with Crippen LogP contribution in [0.25, 0.3) is 22.6 Å². The summed E-state index contributed by atoms with van der Waals surface area (Å²) >= 11 is 0. The Morgan fingerprint density at radius 2 is 1.79 bits per heavy atom. The molecule has 1 fully saturated rings. The van der Waals surface area contributed by atoms with Crippen LogP contribution < -0.4 is 4.90 Å². The van der Waals surface area contributed by atoms with Gasteiger partial charge in [-0.15, -0.1) is 5.10 Å². The highest BCUT2D eigenvalue weighted by atomic mass is 16.5. The van der Waals surface area contributed by atoms with Gasteiger partial charge in [0.1, 0.15) is 5.82 Å². The summed E-state index contributed by atoms with van der Waals surface area (Å²) in [6.45, 7) is 5.88. The molecule has 0 bridgehead atoms. The summed E-state index contributed by atoms with van der Waals surface area (Å²) in [6.07, 6.45) is 5.97. The zero-order valence-corrected chi connectivity index (χ0v) is 15.9. The second-order valence-electron chi connectivity index (χ2n) is 7.26. The Morgan fingerprint density at radius 1 is 1.00 bits per heavy atom. The summed E-state index contributed by atoms with van der Waals surface area (Å²) in [4.78, 5) is 6.80. The van der Waals surface area contributed by atoms with Crippen molar-refractivity contribution in [1.82, 2.24) is 24.4 Å². The average molecular weight is 374 g/mol. The van der Waals surface area contributed by atoms with E-state index >= 15 is 0 Å². The van der Waals surface area contributed by atoms with Gasteiger partial charge in [0, 0.05) is 31.0 Å². The Kier molecular flexibility index (Phi) is 4.09. The molecule has 7 heteroatoms. The van der Waals surface area contributed by atoms with Gasteiger partial charge in [-0.3, -0.25) is 0 Å². The second-order valence-corrected chi connectivity index (χ2v) is 7.26. The fraction of sp³-hybridized carbons (Fsp3) is 0.286. The summed E-state index contributed by atoms with van der Waals surface area (Å²) in [5.41, 5.74) is 3.90. The van der Waals surface area contributed by atoms with Gasteiger partial charge in [-0.05, 0) is 44.2 Å². The summed E-state index contributed by atoms with van der Waals surface area (Å²) < 4.78 is 9.61. The first-order valence-corrected chi connectivity index (χ1v) is 9.53. The van der Waals surface area contributed by atoms with Gasteiger partial charge in [-0.1, -0.05) is 12.1 Å². The van der Waals surface area contributed by atoms with Crippen LogP contribution in [0.1, 0.15) is 13.8 Å². The van der Waals surface area contributed by atoms with Crippen LogP contribution in [0, 0.1) is 0 Å². The van der Waals surface area contributed by atoms with E-state index in [1.165, 1.54) is 0 Å². The highest BCUT2D eigenvalue weighted by Gasteiger charge is 2.23. The molecule has 1 saturated heterocycles. The van der Waals surface area contributed by atoms with Crippen molar-refractivity contribution in [3.8, 4) is 16.9 Å². The van der Waals surface area contributed by atoms with Gasteiger partial charge < -0.3 is 9.64 Å². The van der Waals surface area contributed by atoms with Crippen molar-refractivity contribution in [3.63, 3.8) is 0 Å². The molecule has 1 aliphatic heterocycles. The van der Waals surface area contributed by atoms with Crippen LogP contribution in [0.15, 0.2) is 61.1 Å². The van der Waals surface area contributed by atoms with E-state index < -0.39 is 0 Å². The quantitative estimate of drug-likeness (QED) is 0.551. The molecule has 0 N–H and O–H groups in total. The molecule has 0 unspecified atom stereocenters. The molecule has 0 aliphatic carbocycles. The minimum Gasteiger partial charge on any atom is -0.372 e. The number of benzene rings is 1. The lowest BCUT2D eigenvalue weighted by molar-refractivity contribution is -0.00551. The standard InChI is InChI=1S/C21H22N6O/c1-15-13-25(14-16(2)28-15)21-9-8-20-22-12-19(27(20)24-21)17-4-6-18(7-5-17)26-11-3-10-23-26/h3-12,15-16H,13-14H2,1-2H3/t15-,16+. The van der Waals surface area contributed by atoms with Crippen LogP contribution in [0.2, 0.25) is 0 Å². The van der Waals surface area contributed by atoms with Gasteiger partial charge in [0.15, 0.2) is 5.65 Å². The largest absolute Gasteiger partial charge is 0.372 e. The number of hydrogen-bond acceptors (Lipinski definition) is 5.